The summed E-state index contributed by atoms with van der Waals surface area (Å²) in [5.41, 5.74) is -0.589. The number of aliphatic hydroxyl groups is 1. The van der Waals surface area contributed by atoms with Crippen LogP contribution in [0.3, 0.4) is 0 Å². The first-order valence-electron chi connectivity index (χ1n) is 5.05. The number of rotatable bonds is 3. The molecular formula is C10H19NO3. The van der Waals surface area contributed by atoms with E-state index >= 15 is 0 Å². The third-order valence-electron chi connectivity index (χ3n) is 2.61. The molecule has 0 aromatic carbocycles. The Bertz CT molecular complexity index is 204. The molecule has 0 radical (unpaired) electrons. The van der Waals surface area contributed by atoms with Crippen molar-refractivity contribution < 1.29 is 14.6 Å². The SMILES string of the molecule is COC(=O)CCN1CCCC(C)(O)C1. The molecular weight excluding hydrogens is 182 g/mol. The fraction of sp³-hybridized carbons (Fsp3) is 0.900. The average Bonchev–Trinajstić information content (AvgIpc) is 2.12. The normalized spacial score (nSPS) is 28.8. The Kier molecular flexibility index (Phi) is 3.89. The number of carbonyl (C=O) groups excluding carboxylic acids is 1. The van der Waals surface area contributed by atoms with Crippen LogP contribution in [0.15, 0.2) is 0 Å². The number of carbonyl (C=O) groups is 1. The van der Waals surface area contributed by atoms with Crippen molar-refractivity contribution >= 4 is 5.97 Å². The van der Waals surface area contributed by atoms with Crippen molar-refractivity contribution in [1.29, 1.82) is 0 Å². The minimum atomic E-state index is -0.589. The van der Waals surface area contributed by atoms with Gasteiger partial charge in [0.25, 0.3) is 0 Å². The maximum Gasteiger partial charge on any atom is 0.306 e. The minimum absolute atomic E-state index is 0.185. The van der Waals surface area contributed by atoms with Crippen LogP contribution in [-0.2, 0) is 9.53 Å². The molecule has 1 heterocycles. The Balaban J connectivity index is 2.28. The van der Waals surface area contributed by atoms with E-state index in [0.717, 1.165) is 19.4 Å². The molecule has 0 aromatic heterocycles. The largest absolute Gasteiger partial charge is 0.469 e. The topological polar surface area (TPSA) is 49.8 Å². The Morgan fingerprint density at radius 1 is 1.64 bits per heavy atom. The fourth-order valence-electron chi connectivity index (χ4n) is 1.87. The highest BCUT2D eigenvalue weighted by Gasteiger charge is 2.28. The monoisotopic (exact) mass is 201 g/mol. The van der Waals surface area contributed by atoms with Gasteiger partial charge in [-0.25, -0.2) is 0 Å². The molecule has 82 valence electrons. The lowest BCUT2D eigenvalue weighted by Gasteiger charge is -2.36. The van der Waals surface area contributed by atoms with Gasteiger partial charge in [-0.05, 0) is 26.3 Å². The molecule has 1 rings (SSSR count). The summed E-state index contributed by atoms with van der Waals surface area (Å²) >= 11 is 0. The number of ether oxygens (including phenoxy) is 1. The summed E-state index contributed by atoms with van der Waals surface area (Å²) in [5, 5.41) is 9.81. The first-order valence-corrected chi connectivity index (χ1v) is 5.05. The van der Waals surface area contributed by atoms with Crippen molar-refractivity contribution in [3.63, 3.8) is 0 Å². The highest BCUT2D eigenvalue weighted by molar-refractivity contribution is 5.69. The van der Waals surface area contributed by atoms with Gasteiger partial charge in [0.2, 0.25) is 0 Å². The third-order valence-corrected chi connectivity index (χ3v) is 2.61. The first-order chi connectivity index (χ1) is 6.53. The van der Waals surface area contributed by atoms with Gasteiger partial charge in [-0.2, -0.15) is 0 Å². The van der Waals surface area contributed by atoms with Crippen molar-refractivity contribution in [2.24, 2.45) is 0 Å². The summed E-state index contributed by atoms with van der Waals surface area (Å²) in [5.74, 6) is -0.185. The third kappa shape index (κ3) is 3.64. The van der Waals surface area contributed by atoms with Gasteiger partial charge in [-0.1, -0.05) is 0 Å². The number of hydrogen-bond donors (Lipinski definition) is 1. The molecule has 0 amide bonds. The number of piperidine rings is 1. The minimum Gasteiger partial charge on any atom is -0.469 e. The second kappa shape index (κ2) is 4.75. The maximum atomic E-state index is 10.9. The van der Waals surface area contributed by atoms with E-state index in [-0.39, 0.29) is 5.97 Å². The van der Waals surface area contributed by atoms with Crippen LogP contribution in [0.5, 0.6) is 0 Å². The molecule has 1 aliphatic heterocycles. The highest BCUT2D eigenvalue weighted by atomic mass is 16.5. The Hall–Kier alpha value is -0.610. The lowest BCUT2D eigenvalue weighted by atomic mass is 9.95. The van der Waals surface area contributed by atoms with Gasteiger partial charge >= 0.3 is 5.97 Å². The zero-order valence-corrected chi connectivity index (χ0v) is 8.95. The van der Waals surface area contributed by atoms with Crippen molar-refractivity contribution in [1.82, 2.24) is 4.90 Å². The molecule has 14 heavy (non-hydrogen) atoms. The van der Waals surface area contributed by atoms with Crippen LogP contribution in [0.25, 0.3) is 0 Å². The van der Waals surface area contributed by atoms with Crippen LogP contribution < -0.4 is 0 Å². The quantitative estimate of drug-likeness (QED) is 0.671. The molecule has 0 aliphatic carbocycles. The van der Waals surface area contributed by atoms with Crippen molar-refractivity contribution in [2.75, 3.05) is 26.7 Å². The first kappa shape index (κ1) is 11.5. The predicted molar refractivity (Wildman–Crippen MR) is 52.9 cm³/mol. The lowest BCUT2D eigenvalue weighted by molar-refractivity contribution is -0.141. The van der Waals surface area contributed by atoms with E-state index in [9.17, 15) is 9.90 Å². The number of likely N-dealkylation sites (tertiary alicyclic amines) is 1. The van der Waals surface area contributed by atoms with Crippen molar-refractivity contribution in [2.45, 2.75) is 31.8 Å². The molecule has 1 atom stereocenters. The van der Waals surface area contributed by atoms with E-state index < -0.39 is 5.60 Å². The van der Waals surface area contributed by atoms with Gasteiger partial charge < -0.3 is 9.84 Å². The van der Waals surface area contributed by atoms with E-state index in [1.165, 1.54) is 7.11 Å². The number of esters is 1. The maximum absolute atomic E-state index is 10.9. The van der Waals surface area contributed by atoms with Gasteiger partial charge in [-0.15, -0.1) is 0 Å². The molecule has 1 aliphatic rings. The molecule has 0 aromatic rings. The van der Waals surface area contributed by atoms with E-state index in [1.807, 2.05) is 6.92 Å². The van der Waals surface area contributed by atoms with Crippen LogP contribution in [0, 0.1) is 0 Å². The average molecular weight is 201 g/mol. The molecule has 1 unspecified atom stereocenters. The van der Waals surface area contributed by atoms with Crippen LogP contribution in [0.4, 0.5) is 0 Å². The molecule has 1 N–H and O–H groups in total. The fourth-order valence-corrected chi connectivity index (χ4v) is 1.87. The van der Waals surface area contributed by atoms with Crippen LogP contribution in [0.2, 0.25) is 0 Å². The molecule has 0 spiro atoms. The Labute approximate surface area is 84.8 Å². The van der Waals surface area contributed by atoms with Gasteiger partial charge in [0.15, 0.2) is 0 Å². The van der Waals surface area contributed by atoms with Crippen LogP contribution in [0.1, 0.15) is 26.2 Å². The predicted octanol–water partition coefficient (Wildman–Crippen LogP) is 0.396. The summed E-state index contributed by atoms with van der Waals surface area (Å²) in [7, 11) is 1.40. The standard InChI is InChI=1S/C10H19NO3/c1-10(13)5-3-6-11(8-10)7-4-9(12)14-2/h13H,3-8H2,1-2H3. The summed E-state index contributed by atoms with van der Waals surface area (Å²) in [6.07, 6.45) is 2.25. The van der Waals surface area contributed by atoms with E-state index in [1.54, 1.807) is 0 Å². The lowest BCUT2D eigenvalue weighted by Crippen LogP contribution is -2.46. The van der Waals surface area contributed by atoms with E-state index in [0.29, 0.717) is 19.5 Å². The second-order valence-corrected chi connectivity index (χ2v) is 4.20. The van der Waals surface area contributed by atoms with Crippen molar-refractivity contribution in [3.8, 4) is 0 Å². The molecule has 1 fully saturated rings. The van der Waals surface area contributed by atoms with Crippen LogP contribution >= 0.6 is 0 Å². The number of nitrogens with zero attached hydrogens (tertiary/aromatic N) is 1. The summed E-state index contributed by atoms with van der Waals surface area (Å²) < 4.78 is 4.57. The highest BCUT2D eigenvalue weighted by Crippen LogP contribution is 2.20. The van der Waals surface area contributed by atoms with Gasteiger partial charge in [0.05, 0.1) is 19.1 Å². The Morgan fingerprint density at radius 2 is 2.36 bits per heavy atom. The van der Waals surface area contributed by atoms with Crippen LogP contribution in [-0.4, -0.2) is 48.3 Å². The van der Waals surface area contributed by atoms with E-state index in [2.05, 4.69) is 9.64 Å². The van der Waals surface area contributed by atoms with Gasteiger partial charge in [0.1, 0.15) is 0 Å². The zero-order valence-electron chi connectivity index (χ0n) is 8.95. The molecule has 0 saturated carbocycles. The molecule has 4 nitrogen and oxygen atoms in total. The summed E-state index contributed by atoms with van der Waals surface area (Å²) in [6.45, 7) is 4.15. The second-order valence-electron chi connectivity index (χ2n) is 4.20. The summed E-state index contributed by atoms with van der Waals surface area (Å²) in [6, 6.07) is 0. The zero-order chi connectivity index (χ0) is 10.6. The number of β-amino-alcohol motifs (C(OH)–C–C–N with tert-alkyl or cyclic N) is 1. The number of methoxy groups -OCH3 is 1. The Morgan fingerprint density at radius 3 is 2.93 bits per heavy atom. The van der Waals surface area contributed by atoms with Gasteiger partial charge in [0, 0.05) is 13.1 Å². The van der Waals surface area contributed by atoms with Crippen molar-refractivity contribution in [3.05, 3.63) is 0 Å². The van der Waals surface area contributed by atoms with E-state index in [4.69, 9.17) is 0 Å². The summed E-state index contributed by atoms with van der Waals surface area (Å²) in [4.78, 5) is 13.0. The molecule has 4 heteroatoms. The molecule has 1 saturated heterocycles. The molecule has 0 bridgehead atoms. The smallest absolute Gasteiger partial charge is 0.306 e. The number of hydrogen-bond acceptors (Lipinski definition) is 4. The van der Waals surface area contributed by atoms with Gasteiger partial charge in [-0.3, -0.25) is 9.69 Å².